The van der Waals surface area contributed by atoms with E-state index in [2.05, 4.69) is 16.3 Å². The van der Waals surface area contributed by atoms with E-state index >= 15 is 0 Å². The first-order valence-corrected chi connectivity index (χ1v) is 12.7. The van der Waals surface area contributed by atoms with Crippen molar-refractivity contribution in [2.24, 2.45) is 5.41 Å². The van der Waals surface area contributed by atoms with Gasteiger partial charge in [-0.1, -0.05) is 12.1 Å². The summed E-state index contributed by atoms with van der Waals surface area (Å²) in [5, 5.41) is 18.7. The van der Waals surface area contributed by atoms with Gasteiger partial charge in [0.1, 0.15) is 28.7 Å². The van der Waals surface area contributed by atoms with Crippen LogP contribution in [0.3, 0.4) is 0 Å². The van der Waals surface area contributed by atoms with E-state index in [1.165, 1.54) is 16.9 Å². The summed E-state index contributed by atoms with van der Waals surface area (Å²) in [5.41, 5.74) is 6.66. The maximum Gasteiger partial charge on any atom is 0.416 e. The van der Waals surface area contributed by atoms with Gasteiger partial charge in [0.25, 0.3) is 0 Å². The molecule has 2 fully saturated rings. The third-order valence-electron chi connectivity index (χ3n) is 7.34. The number of ether oxygens (including phenoxy) is 1. The van der Waals surface area contributed by atoms with Gasteiger partial charge in [-0.25, -0.2) is 9.48 Å². The standard InChI is InChI=1S/C27H30F3N7O2/c1-25(2,3)39-24(38)35-8-7-26(16-35)10-20(11-26)37-23(32)21(12-31)22(34-37)18-13-33-36(15-18)14-17-5-4-6-19(9-17)27(28,29)30/h4-6,9,13,15,20H,7-8,10-11,14,16,32H2,1-3H3/t20-,26-. The minimum atomic E-state index is -4.43. The third kappa shape index (κ3) is 5.30. The molecule has 0 bridgehead atoms. The highest BCUT2D eigenvalue weighted by molar-refractivity contribution is 5.72. The van der Waals surface area contributed by atoms with E-state index in [0.717, 1.165) is 31.4 Å². The fraction of sp³-hybridized carbons (Fsp3) is 0.481. The number of rotatable bonds is 4. The Morgan fingerprint density at radius 1 is 1.28 bits per heavy atom. The highest BCUT2D eigenvalue weighted by Crippen LogP contribution is 2.55. The Kier molecular flexibility index (Phi) is 6.36. The number of nitrogens with two attached hydrogens (primary N) is 1. The summed E-state index contributed by atoms with van der Waals surface area (Å²) in [6, 6.07) is 7.20. The lowest BCUT2D eigenvalue weighted by Crippen LogP contribution is -2.43. The van der Waals surface area contributed by atoms with Crippen LogP contribution in [0.2, 0.25) is 0 Å². The Labute approximate surface area is 223 Å². The van der Waals surface area contributed by atoms with Crippen molar-refractivity contribution < 1.29 is 22.7 Å². The second-order valence-electron chi connectivity index (χ2n) is 11.5. The Morgan fingerprint density at radius 2 is 2.03 bits per heavy atom. The maximum absolute atomic E-state index is 13.1. The van der Waals surface area contributed by atoms with Crippen molar-refractivity contribution in [3.05, 3.63) is 53.3 Å². The summed E-state index contributed by atoms with van der Waals surface area (Å²) in [6.45, 7) is 6.90. The van der Waals surface area contributed by atoms with Crippen LogP contribution in [-0.4, -0.2) is 49.2 Å². The van der Waals surface area contributed by atoms with E-state index in [4.69, 9.17) is 10.5 Å². The van der Waals surface area contributed by atoms with E-state index in [9.17, 15) is 23.2 Å². The quantitative estimate of drug-likeness (QED) is 0.484. The molecule has 1 saturated carbocycles. The van der Waals surface area contributed by atoms with Crippen LogP contribution in [0.4, 0.5) is 23.8 Å². The van der Waals surface area contributed by atoms with Crippen LogP contribution < -0.4 is 5.73 Å². The molecule has 0 radical (unpaired) electrons. The SMILES string of the molecule is CC(C)(C)OC(=O)N1CC[C@]2(C1)C[C@H](n1nc(-c3cnn(Cc4cccc(C(F)(F)F)c4)c3)c(C#N)c1N)C2. The largest absolute Gasteiger partial charge is 0.444 e. The highest BCUT2D eigenvalue weighted by Gasteiger charge is 2.51. The molecular formula is C27H30F3N7O2. The summed E-state index contributed by atoms with van der Waals surface area (Å²) in [4.78, 5) is 14.2. The van der Waals surface area contributed by atoms with Gasteiger partial charge in [-0.3, -0.25) is 4.68 Å². The Balaban J connectivity index is 1.29. The molecule has 206 valence electrons. The van der Waals surface area contributed by atoms with Crippen molar-refractivity contribution >= 4 is 11.9 Å². The molecule has 2 aromatic heterocycles. The van der Waals surface area contributed by atoms with Gasteiger partial charge < -0.3 is 15.4 Å². The van der Waals surface area contributed by atoms with Crippen molar-refractivity contribution in [1.82, 2.24) is 24.5 Å². The number of halogens is 3. The molecule has 3 aromatic rings. The second-order valence-corrected chi connectivity index (χ2v) is 11.5. The third-order valence-corrected chi connectivity index (χ3v) is 7.34. The summed E-state index contributed by atoms with van der Waals surface area (Å²) >= 11 is 0. The number of hydrogen-bond donors (Lipinski definition) is 1. The Morgan fingerprint density at radius 3 is 2.69 bits per heavy atom. The van der Waals surface area contributed by atoms with Crippen LogP contribution in [0.15, 0.2) is 36.7 Å². The average Bonchev–Trinajstić information content (AvgIpc) is 3.54. The van der Waals surface area contributed by atoms with Crippen LogP contribution in [0.25, 0.3) is 11.3 Å². The monoisotopic (exact) mass is 541 g/mol. The van der Waals surface area contributed by atoms with Gasteiger partial charge >= 0.3 is 12.3 Å². The van der Waals surface area contributed by atoms with Crippen molar-refractivity contribution in [3.8, 4) is 17.3 Å². The molecule has 2 aliphatic rings. The van der Waals surface area contributed by atoms with Crippen molar-refractivity contribution in [3.63, 3.8) is 0 Å². The van der Waals surface area contributed by atoms with Gasteiger partial charge in [-0.15, -0.1) is 0 Å². The van der Waals surface area contributed by atoms with Gasteiger partial charge in [-0.05, 0) is 63.1 Å². The minimum absolute atomic E-state index is 0.00964. The number of benzene rings is 1. The molecule has 1 amide bonds. The molecule has 2 N–H and O–H groups in total. The van der Waals surface area contributed by atoms with E-state index in [1.807, 2.05) is 20.8 Å². The summed E-state index contributed by atoms with van der Waals surface area (Å²) in [7, 11) is 0. The molecule has 1 aromatic carbocycles. The summed E-state index contributed by atoms with van der Waals surface area (Å²) < 4.78 is 47.9. The van der Waals surface area contributed by atoms with Gasteiger partial charge in [0.05, 0.1) is 24.3 Å². The zero-order valence-electron chi connectivity index (χ0n) is 22.0. The number of hydrogen-bond acceptors (Lipinski definition) is 6. The molecule has 1 aliphatic heterocycles. The molecule has 12 heteroatoms. The van der Waals surface area contributed by atoms with Crippen LogP contribution in [0.1, 0.15) is 62.8 Å². The van der Waals surface area contributed by atoms with Crippen molar-refractivity contribution in [2.75, 3.05) is 18.8 Å². The van der Waals surface area contributed by atoms with Crippen LogP contribution in [0.5, 0.6) is 0 Å². The summed E-state index contributed by atoms with van der Waals surface area (Å²) in [6.07, 6.45) is 0.851. The second kappa shape index (κ2) is 9.32. The molecule has 0 atom stereocenters. The van der Waals surface area contributed by atoms with Gasteiger partial charge in [0.2, 0.25) is 0 Å². The Hall–Kier alpha value is -4.01. The van der Waals surface area contributed by atoms with Crippen molar-refractivity contribution in [1.29, 1.82) is 5.26 Å². The predicted molar refractivity (Wildman–Crippen MR) is 136 cm³/mol. The minimum Gasteiger partial charge on any atom is -0.444 e. The lowest BCUT2D eigenvalue weighted by molar-refractivity contribution is -0.137. The summed E-state index contributed by atoms with van der Waals surface area (Å²) in [5.74, 6) is 0.264. The average molecular weight is 542 g/mol. The number of nitrogen functional groups attached to an aromatic ring is 1. The number of aromatic nitrogens is 4. The number of carbonyl (C=O) groups is 1. The number of nitrogens with zero attached hydrogens (tertiary/aromatic N) is 6. The zero-order chi connectivity index (χ0) is 28.2. The molecule has 5 rings (SSSR count). The van der Waals surface area contributed by atoms with Gasteiger partial charge in [-0.2, -0.15) is 28.6 Å². The van der Waals surface area contributed by atoms with Gasteiger partial charge in [0.15, 0.2) is 0 Å². The topological polar surface area (TPSA) is 115 Å². The van der Waals surface area contributed by atoms with E-state index in [-0.39, 0.29) is 35.5 Å². The predicted octanol–water partition coefficient (Wildman–Crippen LogP) is 5.23. The normalized spacial score (nSPS) is 21.2. The fourth-order valence-electron chi connectivity index (χ4n) is 5.51. The molecule has 1 spiro atoms. The lowest BCUT2D eigenvalue weighted by atomic mass is 9.65. The fourth-order valence-corrected chi connectivity index (χ4v) is 5.51. The molecule has 39 heavy (non-hydrogen) atoms. The molecule has 1 aliphatic carbocycles. The molecule has 3 heterocycles. The number of amides is 1. The van der Waals surface area contributed by atoms with E-state index in [0.29, 0.717) is 29.9 Å². The highest BCUT2D eigenvalue weighted by atomic mass is 19.4. The van der Waals surface area contributed by atoms with Gasteiger partial charge in [0, 0.05) is 24.8 Å². The van der Waals surface area contributed by atoms with Crippen molar-refractivity contribution in [2.45, 2.75) is 64.4 Å². The lowest BCUT2D eigenvalue weighted by Gasteiger charge is -2.45. The molecular weight excluding hydrogens is 511 g/mol. The van der Waals surface area contributed by atoms with Crippen LogP contribution >= 0.6 is 0 Å². The Bertz CT molecular complexity index is 1440. The zero-order valence-corrected chi connectivity index (χ0v) is 22.0. The first-order chi connectivity index (χ1) is 18.3. The number of anilines is 1. The number of alkyl halides is 3. The van der Waals surface area contributed by atoms with Crippen LogP contribution in [-0.2, 0) is 17.5 Å². The smallest absolute Gasteiger partial charge is 0.416 e. The number of likely N-dealkylation sites (tertiary alicyclic amines) is 1. The first kappa shape index (κ1) is 26.6. The van der Waals surface area contributed by atoms with E-state index < -0.39 is 17.3 Å². The molecule has 9 nitrogen and oxygen atoms in total. The van der Waals surface area contributed by atoms with Crippen LogP contribution in [0, 0.1) is 16.7 Å². The number of nitriles is 1. The molecule has 0 unspecified atom stereocenters. The first-order valence-electron chi connectivity index (χ1n) is 12.7. The number of carbonyl (C=O) groups excluding carboxylic acids is 1. The molecule has 1 saturated heterocycles. The van der Waals surface area contributed by atoms with E-state index in [1.54, 1.807) is 21.8 Å². The maximum atomic E-state index is 13.1.